The molecule has 130 valence electrons. The second-order valence-corrected chi connectivity index (χ2v) is 5.94. The maximum absolute atomic E-state index is 12.4. The van der Waals surface area contributed by atoms with Crippen molar-refractivity contribution in [1.82, 2.24) is 9.97 Å². The van der Waals surface area contributed by atoms with Crippen LogP contribution in [0, 0.1) is 0 Å². The molecule has 1 heterocycles. The lowest BCUT2D eigenvalue weighted by molar-refractivity contribution is 0.104. The molecule has 0 unspecified atom stereocenters. The number of nitrogens with zero attached hydrogens (tertiary/aromatic N) is 2. The first-order valence-corrected chi connectivity index (χ1v) is 8.54. The molecule has 3 aromatic carbocycles. The number of allylic oxidation sites excluding steroid dienone is 1. The topological polar surface area (TPSA) is 52.1 Å². The molecule has 0 spiro atoms. The molecule has 0 fully saturated rings. The van der Waals surface area contributed by atoms with Crippen LogP contribution in [0.25, 0.3) is 17.1 Å². The molecule has 0 atom stereocenters. The fraction of sp³-hybridized carbons (Fsp3) is 0. The van der Waals surface area contributed by atoms with Crippen LogP contribution in [0.2, 0.25) is 0 Å². The van der Waals surface area contributed by atoms with Crippen molar-refractivity contribution < 1.29 is 9.53 Å². The van der Waals surface area contributed by atoms with Crippen molar-refractivity contribution in [3.05, 3.63) is 102 Å². The van der Waals surface area contributed by atoms with Gasteiger partial charge in [-0.2, -0.15) is 0 Å². The van der Waals surface area contributed by atoms with Gasteiger partial charge in [-0.05, 0) is 60.2 Å². The van der Waals surface area contributed by atoms with Crippen LogP contribution < -0.4 is 4.74 Å². The zero-order valence-electron chi connectivity index (χ0n) is 14.4. The normalized spacial score (nSPS) is 11.0. The molecule has 4 aromatic rings. The van der Waals surface area contributed by atoms with Crippen molar-refractivity contribution in [2.75, 3.05) is 0 Å². The fourth-order valence-corrected chi connectivity index (χ4v) is 2.66. The average Bonchev–Trinajstić information content (AvgIpc) is 2.73. The van der Waals surface area contributed by atoms with Crippen LogP contribution in [0.1, 0.15) is 15.9 Å². The number of rotatable bonds is 5. The van der Waals surface area contributed by atoms with Crippen molar-refractivity contribution in [3.63, 3.8) is 0 Å². The summed E-state index contributed by atoms with van der Waals surface area (Å²) >= 11 is 0. The van der Waals surface area contributed by atoms with Crippen molar-refractivity contribution in [3.8, 4) is 11.5 Å². The van der Waals surface area contributed by atoms with Crippen LogP contribution in [-0.2, 0) is 0 Å². The van der Waals surface area contributed by atoms with Gasteiger partial charge in [-0.3, -0.25) is 14.8 Å². The summed E-state index contributed by atoms with van der Waals surface area (Å²) in [6, 6.07) is 22.3. The number of para-hydroxylation sites is 1. The molecule has 0 aliphatic carbocycles. The highest BCUT2D eigenvalue weighted by atomic mass is 16.5. The SMILES string of the molecule is O=C(/C=C/c1ccc2nccnc2c1)c1ccc(Oc2ccccc2)cc1. The number of ketones is 1. The van der Waals surface area contributed by atoms with Gasteiger partial charge in [-0.25, -0.2) is 0 Å². The van der Waals surface area contributed by atoms with Crippen LogP contribution in [-0.4, -0.2) is 15.8 Å². The number of ether oxygens (including phenoxy) is 1. The molecule has 0 aliphatic heterocycles. The minimum Gasteiger partial charge on any atom is -0.457 e. The highest BCUT2D eigenvalue weighted by Gasteiger charge is 2.03. The van der Waals surface area contributed by atoms with Gasteiger partial charge in [-0.15, -0.1) is 0 Å². The van der Waals surface area contributed by atoms with Gasteiger partial charge in [0.25, 0.3) is 0 Å². The first-order chi connectivity index (χ1) is 13.3. The Morgan fingerprint density at radius 1 is 0.778 bits per heavy atom. The third-order valence-electron chi connectivity index (χ3n) is 4.04. The number of hydrogen-bond donors (Lipinski definition) is 0. The van der Waals surface area contributed by atoms with E-state index in [2.05, 4.69) is 9.97 Å². The summed E-state index contributed by atoms with van der Waals surface area (Å²) in [6.45, 7) is 0. The third kappa shape index (κ3) is 4.07. The molecule has 0 radical (unpaired) electrons. The Kier molecular flexibility index (Phi) is 4.70. The van der Waals surface area contributed by atoms with Gasteiger partial charge in [0.15, 0.2) is 5.78 Å². The van der Waals surface area contributed by atoms with Crippen molar-refractivity contribution in [2.45, 2.75) is 0 Å². The van der Waals surface area contributed by atoms with E-state index in [1.165, 1.54) is 0 Å². The molecule has 27 heavy (non-hydrogen) atoms. The summed E-state index contributed by atoms with van der Waals surface area (Å²) in [6.07, 6.45) is 6.65. The summed E-state index contributed by atoms with van der Waals surface area (Å²) in [5.41, 5.74) is 3.14. The zero-order chi connectivity index (χ0) is 18.5. The van der Waals surface area contributed by atoms with E-state index in [4.69, 9.17) is 4.74 Å². The van der Waals surface area contributed by atoms with E-state index in [1.807, 2.05) is 48.5 Å². The average molecular weight is 352 g/mol. The Bertz CT molecular complexity index is 1100. The summed E-state index contributed by atoms with van der Waals surface area (Å²) in [4.78, 5) is 20.9. The molecule has 4 nitrogen and oxygen atoms in total. The maximum Gasteiger partial charge on any atom is 0.185 e. The summed E-state index contributed by atoms with van der Waals surface area (Å²) in [5, 5.41) is 0. The number of carbonyl (C=O) groups is 1. The standard InChI is InChI=1S/C23H16N2O2/c26-23(13-7-17-6-12-21-22(16-17)25-15-14-24-21)18-8-10-20(11-9-18)27-19-4-2-1-3-5-19/h1-16H/b13-7+. The molecule has 0 bridgehead atoms. The van der Waals surface area contributed by atoms with Gasteiger partial charge in [0.2, 0.25) is 0 Å². The minimum atomic E-state index is -0.0690. The number of aromatic nitrogens is 2. The number of carbonyl (C=O) groups excluding carboxylic acids is 1. The van der Waals surface area contributed by atoms with Gasteiger partial charge < -0.3 is 4.74 Å². The first kappa shape index (κ1) is 16.7. The Morgan fingerprint density at radius 2 is 1.48 bits per heavy atom. The van der Waals surface area contributed by atoms with Crippen LogP contribution in [0.15, 0.2) is 91.3 Å². The van der Waals surface area contributed by atoms with Crippen molar-refractivity contribution >= 4 is 22.9 Å². The highest BCUT2D eigenvalue weighted by molar-refractivity contribution is 6.07. The molecule has 4 rings (SSSR count). The predicted molar refractivity (Wildman–Crippen MR) is 106 cm³/mol. The summed E-state index contributed by atoms with van der Waals surface area (Å²) in [5.74, 6) is 1.38. The van der Waals surface area contributed by atoms with Crippen molar-refractivity contribution in [1.29, 1.82) is 0 Å². The Labute approximate surface area is 156 Å². The lowest BCUT2D eigenvalue weighted by Gasteiger charge is -2.05. The smallest absolute Gasteiger partial charge is 0.185 e. The molecule has 4 heteroatoms. The minimum absolute atomic E-state index is 0.0690. The summed E-state index contributed by atoms with van der Waals surface area (Å²) < 4.78 is 5.74. The predicted octanol–water partition coefficient (Wildman–Crippen LogP) is 5.32. The molecule has 1 aromatic heterocycles. The molecular formula is C23H16N2O2. The first-order valence-electron chi connectivity index (χ1n) is 8.54. The Morgan fingerprint density at radius 3 is 2.26 bits per heavy atom. The third-order valence-corrected chi connectivity index (χ3v) is 4.04. The number of hydrogen-bond acceptors (Lipinski definition) is 4. The molecule has 0 saturated heterocycles. The van der Waals surface area contributed by atoms with Crippen LogP contribution in [0.4, 0.5) is 0 Å². The monoisotopic (exact) mass is 352 g/mol. The largest absolute Gasteiger partial charge is 0.457 e. The number of benzene rings is 3. The zero-order valence-corrected chi connectivity index (χ0v) is 14.4. The molecule has 0 N–H and O–H groups in total. The van der Waals surface area contributed by atoms with E-state index >= 15 is 0 Å². The second-order valence-electron chi connectivity index (χ2n) is 5.94. The summed E-state index contributed by atoms with van der Waals surface area (Å²) in [7, 11) is 0. The lowest BCUT2D eigenvalue weighted by Crippen LogP contribution is -1.94. The van der Waals surface area contributed by atoms with Gasteiger partial charge >= 0.3 is 0 Å². The highest BCUT2D eigenvalue weighted by Crippen LogP contribution is 2.21. The Balaban J connectivity index is 1.46. The molecular weight excluding hydrogens is 336 g/mol. The van der Waals surface area contributed by atoms with Gasteiger partial charge in [0.1, 0.15) is 11.5 Å². The second kappa shape index (κ2) is 7.62. The quantitative estimate of drug-likeness (QED) is 0.360. The van der Waals surface area contributed by atoms with E-state index in [1.54, 1.807) is 48.8 Å². The van der Waals surface area contributed by atoms with E-state index in [-0.39, 0.29) is 5.78 Å². The number of fused-ring (bicyclic) bond motifs is 1. The molecule has 0 amide bonds. The van der Waals surface area contributed by atoms with Crippen molar-refractivity contribution in [2.24, 2.45) is 0 Å². The maximum atomic E-state index is 12.4. The van der Waals surface area contributed by atoms with E-state index in [0.717, 1.165) is 22.3 Å². The lowest BCUT2D eigenvalue weighted by atomic mass is 10.1. The van der Waals surface area contributed by atoms with E-state index in [9.17, 15) is 4.79 Å². The van der Waals surface area contributed by atoms with Crippen LogP contribution in [0.5, 0.6) is 11.5 Å². The fourth-order valence-electron chi connectivity index (χ4n) is 2.66. The molecule has 0 saturated carbocycles. The van der Waals surface area contributed by atoms with Crippen LogP contribution in [0.3, 0.4) is 0 Å². The van der Waals surface area contributed by atoms with Gasteiger partial charge in [0, 0.05) is 18.0 Å². The van der Waals surface area contributed by atoms with Gasteiger partial charge in [-0.1, -0.05) is 30.3 Å². The van der Waals surface area contributed by atoms with Gasteiger partial charge in [0.05, 0.1) is 11.0 Å². The van der Waals surface area contributed by atoms with E-state index < -0.39 is 0 Å². The van der Waals surface area contributed by atoms with Crippen LogP contribution >= 0.6 is 0 Å². The van der Waals surface area contributed by atoms with E-state index in [0.29, 0.717) is 11.3 Å². The molecule has 0 aliphatic rings. The Hall–Kier alpha value is -3.79.